The Hall–Kier alpha value is -2.74. The van der Waals surface area contributed by atoms with Gasteiger partial charge in [0.15, 0.2) is 0 Å². The summed E-state index contributed by atoms with van der Waals surface area (Å²) in [7, 11) is 0. The van der Waals surface area contributed by atoms with Crippen molar-refractivity contribution in [2.24, 2.45) is 5.41 Å². The van der Waals surface area contributed by atoms with E-state index in [2.05, 4.69) is 16.2 Å². The lowest BCUT2D eigenvalue weighted by Gasteiger charge is -2.21. The number of halogens is 1. The van der Waals surface area contributed by atoms with Gasteiger partial charge >= 0.3 is 0 Å². The molecule has 1 heterocycles. The monoisotopic (exact) mass is 391 g/mol. The summed E-state index contributed by atoms with van der Waals surface area (Å²) in [6, 6.07) is 8.53. The second-order valence-corrected chi connectivity index (χ2v) is 8.14. The summed E-state index contributed by atoms with van der Waals surface area (Å²) in [5, 5.41) is 2.58. The summed E-state index contributed by atoms with van der Waals surface area (Å²) in [6.07, 6.45) is 0. The van der Waals surface area contributed by atoms with Gasteiger partial charge < -0.3 is 5.32 Å². The first kappa shape index (κ1) is 20.6. The van der Waals surface area contributed by atoms with Gasteiger partial charge in [-0.2, -0.15) is 0 Å². The van der Waals surface area contributed by atoms with Gasteiger partial charge in [-0.1, -0.05) is 32.9 Å². The number of carbonyl (C=O) groups is 3. The Morgan fingerprint density at radius 2 is 1.63 bits per heavy atom. The maximum atomic E-state index is 13.0. The quantitative estimate of drug-likeness (QED) is 0.701. The SMILES string of the molecule is C[C@H](NC(=O)C(C)(C)C)C(=O)NNC(=O)c1ccc(-c2ccc(F)cc2)s1. The average Bonchev–Trinajstić information content (AvgIpc) is 3.09. The standard InChI is InChI=1S/C19H22FN3O3S/c1-11(21-18(26)19(2,3)4)16(24)22-23-17(25)15-10-9-14(27-15)12-5-7-13(20)8-6-12/h5-11H,1-4H3,(H,21,26)(H,22,24)(H,23,25)/t11-/m0/s1. The Morgan fingerprint density at radius 3 is 2.22 bits per heavy atom. The minimum atomic E-state index is -0.796. The van der Waals surface area contributed by atoms with Crippen LogP contribution >= 0.6 is 11.3 Å². The Bertz CT molecular complexity index is 841. The van der Waals surface area contributed by atoms with Crippen LogP contribution < -0.4 is 16.2 Å². The summed E-state index contributed by atoms with van der Waals surface area (Å²) < 4.78 is 13.0. The van der Waals surface area contributed by atoms with Crippen LogP contribution in [0.2, 0.25) is 0 Å². The van der Waals surface area contributed by atoms with Crippen molar-refractivity contribution in [2.45, 2.75) is 33.7 Å². The predicted molar refractivity (Wildman–Crippen MR) is 102 cm³/mol. The summed E-state index contributed by atoms with van der Waals surface area (Å²) in [5.74, 6) is -1.60. The highest BCUT2D eigenvalue weighted by atomic mass is 32.1. The van der Waals surface area contributed by atoms with Crippen LogP contribution in [-0.4, -0.2) is 23.8 Å². The third-order valence-corrected chi connectivity index (χ3v) is 4.81. The van der Waals surface area contributed by atoms with Gasteiger partial charge in [0.25, 0.3) is 11.8 Å². The number of nitrogens with one attached hydrogen (secondary N) is 3. The molecule has 8 heteroatoms. The molecule has 0 unspecified atom stereocenters. The van der Waals surface area contributed by atoms with E-state index >= 15 is 0 Å². The number of benzene rings is 1. The van der Waals surface area contributed by atoms with Crippen LogP contribution in [0.3, 0.4) is 0 Å². The van der Waals surface area contributed by atoms with Crippen LogP contribution in [-0.2, 0) is 9.59 Å². The van der Waals surface area contributed by atoms with Crippen molar-refractivity contribution >= 4 is 29.1 Å². The third kappa shape index (κ3) is 5.62. The zero-order valence-electron chi connectivity index (χ0n) is 15.6. The molecule has 144 valence electrons. The molecule has 1 atom stereocenters. The van der Waals surface area contributed by atoms with Gasteiger partial charge in [-0.05, 0) is 36.8 Å². The Kier molecular flexibility index (Phi) is 6.32. The molecule has 0 aliphatic heterocycles. The van der Waals surface area contributed by atoms with E-state index in [-0.39, 0.29) is 11.7 Å². The second kappa shape index (κ2) is 8.30. The van der Waals surface area contributed by atoms with Crippen molar-refractivity contribution in [1.29, 1.82) is 0 Å². The molecule has 0 radical (unpaired) electrons. The van der Waals surface area contributed by atoms with E-state index in [1.807, 2.05) is 0 Å². The molecule has 0 bridgehead atoms. The van der Waals surface area contributed by atoms with Crippen LogP contribution in [0.5, 0.6) is 0 Å². The van der Waals surface area contributed by atoms with Gasteiger partial charge in [-0.25, -0.2) is 4.39 Å². The van der Waals surface area contributed by atoms with Gasteiger partial charge in [0.2, 0.25) is 5.91 Å². The van der Waals surface area contributed by atoms with E-state index in [1.54, 1.807) is 45.0 Å². The molecule has 3 amide bonds. The predicted octanol–water partition coefficient (Wildman–Crippen LogP) is 2.87. The fraction of sp³-hybridized carbons (Fsp3) is 0.316. The lowest BCUT2D eigenvalue weighted by atomic mass is 9.95. The van der Waals surface area contributed by atoms with Crippen molar-refractivity contribution in [3.8, 4) is 10.4 Å². The zero-order chi connectivity index (χ0) is 20.2. The van der Waals surface area contributed by atoms with Crippen LogP contribution in [0.15, 0.2) is 36.4 Å². The summed E-state index contributed by atoms with van der Waals surface area (Å²) in [5.41, 5.74) is 4.80. The van der Waals surface area contributed by atoms with Crippen molar-refractivity contribution < 1.29 is 18.8 Å². The molecule has 1 aromatic carbocycles. The molecule has 2 aromatic rings. The zero-order valence-corrected chi connectivity index (χ0v) is 16.4. The second-order valence-electron chi connectivity index (χ2n) is 7.06. The van der Waals surface area contributed by atoms with Crippen LogP contribution in [0, 0.1) is 11.2 Å². The summed E-state index contributed by atoms with van der Waals surface area (Å²) >= 11 is 1.22. The highest BCUT2D eigenvalue weighted by molar-refractivity contribution is 7.17. The van der Waals surface area contributed by atoms with Gasteiger partial charge in [0.1, 0.15) is 11.9 Å². The Balaban J connectivity index is 1.91. The lowest BCUT2D eigenvalue weighted by Crippen LogP contribution is -2.52. The molecule has 27 heavy (non-hydrogen) atoms. The molecular formula is C19H22FN3O3S. The smallest absolute Gasteiger partial charge is 0.279 e. The first-order valence-corrected chi connectivity index (χ1v) is 9.16. The minimum Gasteiger partial charge on any atom is -0.344 e. The summed E-state index contributed by atoms with van der Waals surface area (Å²) in [4.78, 5) is 37.3. The van der Waals surface area contributed by atoms with E-state index < -0.39 is 23.3 Å². The molecule has 0 fully saturated rings. The molecular weight excluding hydrogens is 369 g/mol. The minimum absolute atomic E-state index is 0.265. The topological polar surface area (TPSA) is 87.3 Å². The normalized spacial score (nSPS) is 12.2. The van der Waals surface area contributed by atoms with Crippen LogP contribution in [0.4, 0.5) is 4.39 Å². The van der Waals surface area contributed by atoms with Crippen molar-refractivity contribution in [1.82, 2.24) is 16.2 Å². The van der Waals surface area contributed by atoms with Gasteiger partial charge in [0.05, 0.1) is 4.88 Å². The fourth-order valence-electron chi connectivity index (χ4n) is 2.00. The third-order valence-electron chi connectivity index (χ3n) is 3.68. The number of hydrogen-bond acceptors (Lipinski definition) is 4. The molecule has 6 nitrogen and oxygen atoms in total. The fourth-order valence-corrected chi connectivity index (χ4v) is 2.90. The van der Waals surface area contributed by atoms with Crippen LogP contribution in [0.1, 0.15) is 37.4 Å². The van der Waals surface area contributed by atoms with E-state index in [9.17, 15) is 18.8 Å². The number of amides is 3. The number of hydrazine groups is 1. The van der Waals surface area contributed by atoms with E-state index in [0.717, 1.165) is 10.4 Å². The summed E-state index contributed by atoms with van der Waals surface area (Å²) in [6.45, 7) is 6.75. The van der Waals surface area contributed by atoms with Gasteiger partial charge in [0, 0.05) is 10.3 Å². The number of carbonyl (C=O) groups excluding carboxylic acids is 3. The van der Waals surface area contributed by atoms with E-state index in [1.165, 1.54) is 30.4 Å². The Morgan fingerprint density at radius 1 is 1.00 bits per heavy atom. The largest absolute Gasteiger partial charge is 0.344 e. The number of thiophene rings is 1. The molecule has 0 spiro atoms. The molecule has 0 aliphatic rings. The molecule has 0 saturated heterocycles. The van der Waals surface area contributed by atoms with Gasteiger partial charge in [-0.3, -0.25) is 25.2 Å². The van der Waals surface area contributed by atoms with Gasteiger partial charge in [-0.15, -0.1) is 11.3 Å². The molecule has 2 rings (SSSR count). The first-order valence-electron chi connectivity index (χ1n) is 8.35. The highest BCUT2D eigenvalue weighted by Gasteiger charge is 2.25. The van der Waals surface area contributed by atoms with E-state index in [0.29, 0.717) is 4.88 Å². The molecule has 0 aliphatic carbocycles. The van der Waals surface area contributed by atoms with Crippen molar-refractivity contribution in [2.75, 3.05) is 0 Å². The molecule has 1 aromatic heterocycles. The van der Waals surface area contributed by atoms with Crippen molar-refractivity contribution in [3.05, 3.63) is 47.1 Å². The Labute approximate surface area is 161 Å². The first-order chi connectivity index (χ1) is 12.6. The number of hydrogen-bond donors (Lipinski definition) is 3. The maximum Gasteiger partial charge on any atom is 0.279 e. The number of rotatable bonds is 4. The average molecular weight is 391 g/mol. The van der Waals surface area contributed by atoms with E-state index in [4.69, 9.17) is 0 Å². The van der Waals surface area contributed by atoms with Crippen LogP contribution in [0.25, 0.3) is 10.4 Å². The lowest BCUT2D eigenvalue weighted by molar-refractivity contribution is -0.133. The van der Waals surface area contributed by atoms with Crippen molar-refractivity contribution in [3.63, 3.8) is 0 Å². The maximum absolute atomic E-state index is 13.0. The highest BCUT2D eigenvalue weighted by Crippen LogP contribution is 2.28. The molecule has 3 N–H and O–H groups in total. The molecule has 0 saturated carbocycles.